The molecule has 0 saturated carbocycles. The van der Waals surface area contributed by atoms with Crippen molar-refractivity contribution < 1.29 is 9.53 Å². The predicted molar refractivity (Wildman–Crippen MR) is 87.7 cm³/mol. The number of amides is 1. The standard InChI is InChI=1S/C16H24N2O2S/c1-4-14-15(19)18(11-10-17-5-2)16(21-14)12-6-8-13(20-3)9-7-12/h6-9,14,16-17H,4-5,10-11H2,1-3H3. The third-order valence-corrected chi connectivity index (χ3v) is 5.33. The van der Waals surface area contributed by atoms with E-state index in [0.717, 1.165) is 31.8 Å². The number of hydrogen-bond donors (Lipinski definition) is 1. The summed E-state index contributed by atoms with van der Waals surface area (Å²) in [7, 11) is 1.67. The summed E-state index contributed by atoms with van der Waals surface area (Å²) in [6, 6.07) is 8.04. The maximum atomic E-state index is 12.5. The first kappa shape index (κ1) is 16.2. The van der Waals surface area contributed by atoms with Crippen LogP contribution in [-0.4, -0.2) is 42.8 Å². The molecule has 0 radical (unpaired) electrons. The van der Waals surface area contributed by atoms with Crippen LogP contribution in [0.1, 0.15) is 31.2 Å². The summed E-state index contributed by atoms with van der Waals surface area (Å²) >= 11 is 1.76. The first-order valence-electron chi connectivity index (χ1n) is 7.51. The molecule has 0 aromatic heterocycles. The minimum absolute atomic E-state index is 0.0822. The second-order valence-corrected chi connectivity index (χ2v) is 6.33. The van der Waals surface area contributed by atoms with Gasteiger partial charge in [0.1, 0.15) is 11.1 Å². The van der Waals surface area contributed by atoms with Crippen LogP contribution >= 0.6 is 11.8 Å². The van der Waals surface area contributed by atoms with Crippen molar-refractivity contribution in [3.8, 4) is 5.75 Å². The third kappa shape index (κ3) is 3.71. The van der Waals surface area contributed by atoms with Crippen LogP contribution in [0, 0.1) is 0 Å². The average Bonchev–Trinajstić information content (AvgIpc) is 2.84. The quantitative estimate of drug-likeness (QED) is 0.786. The summed E-state index contributed by atoms with van der Waals surface area (Å²) in [5, 5.41) is 3.50. The van der Waals surface area contributed by atoms with E-state index in [0.29, 0.717) is 0 Å². The van der Waals surface area contributed by atoms with Gasteiger partial charge in [-0.2, -0.15) is 0 Å². The first-order chi connectivity index (χ1) is 10.2. The van der Waals surface area contributed by atoms with Crippen molar-refractivity contribution in [3.63, 3.8) is 0 Å². The van der Waals surface area contributed by atoms with Crippen molar-refractivity contribution >= 4 is 17.7 Å². The summed E-state index contributed by atoms with van der Waals surface area (Å²) in [4.78, 5) is 14.5. The van der Waals surface area contributed by atoms with Crippen molar-refractivity contribution in [3.05, 3.63) is 29.8 Å². The number of carbonyl (C=O) groups is 1. The minimum Gasteiger partial charge on any atom is -0.497 e. The van der Waals surface area contributed by atoms with E-state index in [-0.39, 0.29) is 16.5 Å². The minimum atomic E-state index is 0.0822. The number of benzene rings is 1. The van der Waals surface area contributed by atoms with Gasteiger partial charge >= 0.3 is 0 Å². The molecule has 1 aromatic carbocycles. The first-order valence-corrected chi connectivity index (χ1v) is 8.46. The van der Waals surface area contributed by atoms with Crippen LogP contribution in [0.4, 0.5) is 0 Å². The fourth-order valence-corrected chi connectivity index (χ4v) is 3.92. The molecule has 0 bridgehead atoms. The van der Waals surface area contributed by atoms with Gasteiger partial charge in [0, 0.05) is 13.1 Å². The Labute approximate surface area is 131 Å². The molecule has 1 aliphatic heterocycles. The second kappa shape index (κ2) is 7.71. The zero-order valence-corrected chi connectivity index (χ0v) is 13.8. The van der Waals surface area contributed by atoms with E-state index in [4.69, 9.17) is 4.74 Å². The largest absolute Gasteiger partial charge is 0.497 e. The molecule has 0 spiro atoms. The lowest BCUT2D eigenvalue weighted by molar-refractivity contribution is -0.130. The topological polar surface area (TPSA) is 41.6 Å². The van der Waals surface area contributed by atoms with Crippen molar-refractivity contribution in [2.75, 3.05) is 26.7 Å². The Hall–Kier alpha value is -1.20. The molecule has 2 atom stereocenters. The summed E-state index contributed by atoms with van der Waals surface area (Å²) in [6.07, 6.45) is 0.883. The van der Waals surface area contributed by atoms with E-state index in [1.54, 1.807) is 18.9 Å². The molecule has 1 saturated heterocycles. The van der Waals surface area contributed by atoms with E-state index in [2.05, 4.69) is 31.3 Å². The lowest BCUT2D eigenvalue weighted by Gasteiger charge is -2.24. The van der Waals surface area contributed by atoms with Crippen LogP contribution in [0.15, 0.2) is 24.3 Å². The van der Waals surface area contributed by atoms with Crippen LogP contribution < -0.4 is 10.1 Å². The molecule has 5 heteroatoms. The van der Waals surface area contributed by atoms with Gasteiger partial charge in [-0.1, -0.05) is 26.0 Å². The Bertz CT molecular complexity index is 464. The summed E-state index contributed by atoms with van der Waals surface area (Å²) in [5.74, 6) is 1.11. The molecule has 4 nitrogen and oxygen atoms in total. The van der Waals surface area contributed by atoms with Gasteiger partial charge in [-0.25, -0.2) is 0 Å². The molecule has 1 fully saturated rings. The highest BCUT2D eigenvalue weighted by atomic mass is 32.2. The Balaban J connectivity index is 2.14. The third-order valence-electron chi connectivity index (χ3n) is 3.69. The van der Waals surface area contributed by atoms with E-state index < -0.39 is 0 Å². The molecule has 21 heavy (non-hydrogen) atoms. The van der Waals surface area contributed by atoms with E-state index in [9.17, 15) is 4.79 Å². The predicted octanol–water partition coefficient (Wildman–Crippen LogP) is 2.66. The highest BCUT2D eigenvalue weighted by molar-refractivity contribution is 8.01. The zero-order chi connectivity index (χ0) is 15.2. The fourth-order valence-electron chi connectivity index (χ4n) is 2.49. The number of methoxy groups -OCH3 is 1. The van der Waals surface area contributed by atoms with Crippen molar-refractivity contribution in [1.82, 2.24) is 10.2 Å². The number of nitrogens with one attached hydrogen (secondary N) is 1. The van der Waals surface area contributed by atoms with Crippen LogP contribution in [0.2, 0.25) is 0 Å². The monoisotopic (exact) mass is 308 g/mol. The number of carbonyl (C=O) groups excluding carboxylic acids is 1. The van der Waals surface area contributed by atoms with Gasteiger partial charge in [0.25, 0.3) is 0 Å². The molecular formula is C16H24N2O2S. The normalized spacial score (nSPS) is 21.9. The molecule has 2 rings (SSSR count). The highest BCUT2D eigenvalue weighted by Gasteiger charge is 2.39. The smallest absolute Gasteiger partial charge is 0.236 e. The SMILES string of the molecule is CCNCCN1C(=O)C(CC)SC1c1ccc(OC)cc1. The van der Waals surface area contributed by atoms with Crippen LogP contribution in [-0.2, 0) is 4.79 Å². The maximum Gasteiger partial charge on any atom is 0.236 e. The highest BCUT2D eigenvalue weighted by Crippen LogP contribution is 2.44. The summed E-state index contributed by atoms with van der Waals surface area (Å²) in [5.41, 5.74) is 1.17. The molecule has 116 valence electrons. The van der Waals surface area contributed by atoms with Gasteiger partial charge in [0.2, 0.25) is 5.91 Å². The van der Waals surface area contributed by atoms with Crippen molar-refractivity contribution in [2.24, 2.45) is 0 Å². The Kier molecular flexibility index (Phi) is 5.94. The van der Waals surface area contributed by atoms with Crippen molar-refractivity contribution in [1.29, 1.82) is 0 Å². The molecule has 1 amide bonds. The fraction of sp³-hybridized carbons (Fsp3) is 0.562. The van der Waals surface area contributed by atoms with Crippen molar-refractivity contribution in [2.45, 2.75) is 30.9 Å². The van der Waals surface area contributed by atoms with Gasteiger partial charge in [-0.05, 0) is 30.7 Å². The van der Waals surface area contributed by atoms with E-state index >= 15 is 0 Å². The number of nitrogens with zero attached hydrogens (tertiary/aromatic N) is 1. The number of likely N-dealkylation sites (N-methyl/N-ethyl adjacent to an activating group) is 1. The van der Waals surface area contributed by atoms with Gasteiger partial charge in [-0.15, -0.1) is 11.8 Å². The van der Waals surface area contributed by atoms with Gasteiger partial charge < -0.3 is 15.0 Å². The van der Waals surface area contributed by atoms with Crippen LogP contribution in [0.5, 0.6) is 5.75 Å². The molecule has 0 aliphatic carbocycles. The van der Waals surface area contributed by atoms with Gasteiger partial charge in [-0.3, -0.25) is 4.79 Å². The second-order valence-electron chi connectivity index (χ2n) is 5.04. The number of thioether (sulfide) groups is 1. The summed E-state index contributed by atoms with van der Waals surface area (Å²) < 4.78 is 5.20. The maximum absolute atomic E-state index is 12.5. The molecular weight excluding hydrogens is 284 g/mol. The van der Waals surface area contributed by atoms with E-state index in [1.807, 2.05) is 17.0 Å². The molecule has 1 heterocycles. The van der Waals surface area contributed by atoms with Crippen LogP contribution in [0.3, 0.4) is 0 Å². The van der Waals surface area contributed by atoms with Gasteiger partial charge in [0.15, 0.2) is 0 Å². The lowest BCUT2D eigenvalue weighted by Crippen LogP contribution is -2.36. The Morgan fingerprint density at radius 1 is 1.29 bits per heavy atom. The van der Waals surface area contributed by atoms with Gasteiger partial charge in [0.05, 0.1) is 12.4 Å². The molecule has 1 N–H and O–H groups in total. The number of rotatable bonds is 7. The lowest BCUT2D eigenvalue weighted by atomic mass is 10.2. The summed E-state index contributed by atoms with van der Waals surface area (Å²) in [6.45, 7) is 6.68. The average molecular weight is 308 g/mol. The molecule has 1 aliphatic rings. The molecule has 2 unspecified atom stereocenters. The Morgan fingerprint density at radius 2 is 2.00 bits per heavy atom. The zero-order valence-electron chi connectivity index (χ0n) is 13.0. The van der Waals surface area contributed by atoms with E-state index in [1.165, 1.54) is 5.56 Å². The molecule has 1 aromatic rings. The number of hydrogen-bond acceptors (Lipinski definition) is 4. The Morgan fingerprint density at radius 3 is 2.57 bits per heavy atom. The number of ether oxygens (including phenoxy) is 1. The van der Waals surface area contributed by atoms with Crippen LogP contribution in [0.25, 0.3) is 0 Å².